The lowest BCUT2D eigenvalue weighted by Gasteiger charge is -2.26. The van der Waals surface area contributed by atoms with Gasteiger partial charge in [0, 0.05) is 18.0 Å². The van der Waals surface area contributed by atoms with Gasteiger partial charge >= 0.3 is 0 Å². The van der Waals surface area contributed by atoms with Crippen LogP contribution in [0.3, 0.4) is 0 Å². The number of hydrogen-bond acceptors (Lipinski definition) is 4. The Hall–Kier alpha value is -1.11. The number of benzene rings is 1. The molecule has 1 aliphatic heterocycles. The van der Waals surface area contributed by atoms with Crippen molar-refractivity contribution in [1.82, 2.24) is 4.72 Å². The topological polar surface area (TPSA) is 81.4 Å². The molecule has 0 amide bonds. The van der Waals surface area contributed by atoms with Crippen LogP contribution < -0.4 is 15.2 Å². The molecule has 0 radical (unpaired) electrons. The van der Waals surface area contributed by atoms with Crippen LogP contribution in [-0.2, 0) is 10.0 Å². The Labute approximate surface area is 107 Å². The zero-order chi connectivity index (χ0) is 13.5. The van der Waals surface area contributed by atoms with E-state index >= 15 is 0 Å². The lowest BCUT2D eigenvalue weighted by atomic mass is 9.96. The molecule has 0 spiro atoms. The molecule has 1 aromatic carbocycles. The van der Waals surface area contributed by atoms with E-state index in [2.05, 4.69) is 4.72 Å². The highest BCUT2D eigenvalue weighted by Crippen LogP contribution is 2.37. The maximum absolute atomic E-state index is 12.0. The predicted octanol–water partition coefficient (Wildman–Crippen LogP) is 0.994. The van der Waals surface area contributed by atoms with Gasteiger partial charge in [-0.05, 0) is 38.1 Å². The third-order valence-corrected chi connectivity index (χ3v) is 4.99. The molecule has 5 nitrogen and oxygen atoms in total. The summed E-state index contributed by atoms with van der Waals surface area (Å²) in [4.78, 5) is 0.280. The predicted molar refractivity (Wildman–Crippen MR) is 69.2 cm³/mol. The van der Waals surface area contributed by atoms with Crippen molar-refractivity contribution < 1.29 is 13.2 Å². The third-order valence-electron chi connectivity index (χ3n) is 3.45. The molecule has 1 heterocycles. The highest BCUT2D eigenvalue weighted by atomic mass is 32.2. The number of rotatable bonds is 2. The minimum atomic E-state index is -3.47. The fourth-order valence-electron chi connectivity index (χ4n) is 2.19. The van der Waals surface area contributed by atoms with Gasteiger partial charge in [-0.15, -0.1) is 0 Å². The Balaban J connectivity index is 2.72. The quantitative estimate of drug-likeness (QED) is 0.840. The summed E-state index contributed by atoms with van der Waals surface area (Å²) >= 11 is 0. The zero-order valence-corrected chi connectivity index (χ0v) is 11.6. The Morgan fingerprint density at radius 2 is 2.06 bits per heavy atom. The number of nitrogens with two attached hydrogens (primary N) is 1. The zero-order valence-electron chi connectivity index (χ0n) is 10.8. The second kappa shape index (κ2) is 4.53. The molecular formula is C12H18N2O3S. The van der Waals surface area contributed by atoms with Gasteiger partial charge in [0.25, 0.3) is 0 Å². The minimum absolute atomic E-state index is 0.168. The Morgan fingerprint density at radius 1 is 1.39 bits per heavy atom. The highest BCUT2D eigenvalue weighted by molar-refractivity contribution is 7.89. The van der Waals surface area contributed by atoms with Crippen LogP contribution in [0.15, 0.2) is 11.0 Å². The number of sulfonamides is 1. The van der Waals surface area contributed by atoms with Crippen molar-refractivity contribution in [2.24, 2.45) is 5.73 Å². The van der Waals surface area contributed by atoms with Gasteiger partial charge in [-0.25, -0.2) is 13.1 Å². The molecule has 100 valence electrons. The fourth-order valence-corrected chi connectivity index (χ4v) is 3.24. The molecule has 0 bridgehead atoms. The molecule has 1 aromatic rings. The minimum Gasteiger partial charge on any atom is -0.493 e. The van der Waals surface area contributed by atoms with Gasteiger partial charge in [0.1, 0.15) is 5.75 Å². The van der Waals surface area contributed by atoms with Gasteiger partial charge in [-0.2, -0.15) is 0 Å². The van der Waals surface area contributed by atoms with Gasteiger partial charge in [-0.1, -0.05) is 0 Å². The van der Waals surface area contributed by atoms with Crippen molar-refractivity contribution >= 4 is 10.0 Å². The van der Waals surface area contributed by atoms with E-state index in [0.29, 0.717) is 18.6 Å². The van der Waals surface area contributed by atoms with Crippen LogP contribution in [0.4, 0.5) is 0 Å². The third kappa shape index (κ3) is 2.00. The number of ether oxygens (including phenoxy) is 1. The molecule has 0 fully saturated rings. The van der Waals surface area contributed by atoms with Crippen molar-refractivity contribution in [1.29, 1.82) is 0 Å². The van der Waals surface area contributed by atoms with E-state index in [1.54, 1.807) is 13.0 Å². The summed E-state index contributed by atoms with van der Waals surface area (Å²) in [7, 11) is -2.07. The number of hydrogen-bond donors (Lipinski definition) is 2. The summed E-state index contributed by atoms with van der Waals surface area (Å²) in [5.41, 5.74) is 8.35. The Kier molecular flexibility index (Phi) is 3.35. The van der Waals surface area contributed by atoms with Gasteiger partial charge in [0.05, 0.1) is 11.5 Å². The first-order valence-corrected chi connectivity index (χ1v) is 7.33. The van der Waals surface area contributed by atoms with Gasteiger partial charge in [0.2, 0.25) is 10.0 Å². The summed E-state index contributed by atoms with van der Waals surface area (Å²) in [5.74, 6) is 0.737. The van der Waals surface area contributed by atoms with E-state index in [0.717, 1.165) is 16.9 Å². The highest BCUT2D eigenvalue weighted by Gasteiger charge is 2.26. The first kappa shape index (κ1) is 13.3. The molecule has 6 heteroatoms. The SMILES string of the molecule is CNS(=O)(=O)c1cc2c(c(C)c1C)OCCC2N. The average Bonchev–Trinajstić information content (AvgIpc) is 2.34. The van der Waals surface area contributed by atoms with E-state index in [9.17, 15) is 8.42 Å². The molecule has 0 aromatic heterocycles. The van der Waals surface area contributed by atoms with Gasteiger partial charge in [-0.3, -0.25) is 0 Å². The summed E-state index contributed by atoms with van der Waals surface area (Å²) in [6.45, 7) is 4.22. The Bertz CT molecular complexity index is 581. The van der Waals surface area contributed by atoms with E-state index in [4.69, 9.17) is 10.5 Å². The van der Waals surface area contributed by atoms with Crippen LogP contribution in [0.5, 0.6) is 5.75 Å². The van der Waals surface area contributed by atoms with Crippen molar-refractivity contribution in [2.75, 3.05) is 13.7 Å². The van der Waals surface area contributed by atoms with Crippen LogP contribution in [0.1, 0.15) is 29.2 Å². The van der Waals surface area contributed by atoms with Crippen molar-refractivity contribution in [2.45, 2.75) is 31.2 Å². The smallest absolute Gasteiger partial charge is 0.240 e. The second-order valence-corrected chi connectivity index (χ2v) is 6.35. The van der Waals surface area contributed by atoms with E-state index < -0.39 is 10.0 Å². The molecule has 1 atom stereocenters. The van der Waals surface area contributed by atoms with Crippen LogP contribution in [0.2, 0.25) is 0 Å². The summed E-state index contributed by atoms with van der Waals surface area (Å²) in [5, 5.41) is 0. The lowest BCUT2D eigenvalue weighted by molar-refractivity contribution is 0.266. The molecule has 2 rings (SSSR count). The maximum atomic E-state index is 12.0. The summed E-state index contributed by atoms with van der Waals surface area (Å²) < 4.78 is 31.9. The largest absolute Gasteiger partial charge is 0.493 e. The van der Waals surface area contributed by atoms with Crippen LogP contribution in [0.25, 0.3) is 0 Å². The fraction of sp³-hybridized carbons (Fsp3) is 0.500. The monoisotopic (exact) mass is 270 g/mol. The summed E-state index contributed by atoms with van der Waals surface area (Å²) in [6.07, 6.45) is 0.703. The van der Waals surface area contributed by atoms with Gasteiger partial charge < -0.3 is 10.5 Å². The lowest BCUT2D eigenvalue weighted by Crippen LogP contribution is -2.25. The maximum Gasteiger partial charge on any atom is 0.240 e. The number of nitrogens with one attached hydrogen (secondary N) is 1. The van der Waals surface area contributed by atoms with Crippen LogP contribution >= 0.6 is 0 Å². The van der Waals surface area contributed by atoms with Crippen molar-refractivity contribution in [3.8, 4) is 5.75 Å². The number of fused-ring (bicyclic) bond motifs is 1. The summed E-state index contributed by atoms with van der Waals surface area (Å²) in [6, 6.07) is 1.46. The normalized spacial score (nSPS) is 19.2. The van der Waals surface area contributed by atoms with Crippen LogP contribution in [-0.4, -0.2) is 22.1 Å². The molecular weight excluding hydrogens is 252 g/mol. The Morgan fingerprint density at radius 3 is 2.67 bits per heavy atom. The van der Waals surface area contributed by atoms with E-state index in [1.807, 2.05) is 6.92 Å². The first-order valence-electron chi connectivity index (χ1n) is 5.84. The second-order valence-electron chi connectivity index (χ2n) is 4.49. The molecule has 0 saturated carbocycles. The van der Waals surface area contributed by atoms with E-state index in [-0.39, 0.29) is 10.9 Å². The van der Waals surface area contributed by atoms with Crippen LogP contribution in [0, 0.1) is 13.8 Å². The van der Waals surface area contributed by atoms with Gasteiger partial charge in [0.15, 0.2) is 0 Å². The first-order chi connectivity index (χ1) is 8.38. The molecule has 3 N–H and O–H groups in total. The molecule has 18 heavy (non-hydrogen) atoms. The van der Waals surface area contributed by atoms with Crippen molar-refractivity contribution in [3.63, 3.8) is 0 Å². The molecule has 1 aliphatic rings. The molecule has 0 saturated heterocycles. The molecule has 0 aliphatic carbocycles. The van der Waals surface area contributed by atoms with Crippen molar-refractivity contribution in [3.05, 3.63) is 22.8 Å². The average molecular weight is 270 g/mol. The van der Waals surface area contributed by atoms with E-state index in [1.165, 1.54) is 7.05 Å². The molecule has 1 unspecified atom stereocenters. The standard InChI is InChI=1S/C12H18N2O3S/c1-7-8(2)12-9(10(13)4-5-17-12)6-11(7)18(15,16)14-3/h6,10,14H,4-5,13H2,1-3H3.